The molecule has 3 rings (SSSR count). The molecule has 0 aliphatic heterocycles. The fraction of sp³-hybridized carbons (Fsp3) is 0. The lowest BCUT2D eigenvalue weighted by molar-refractivity contribution is 1.48. The van der Waals surface area contributed by atoms with Gasteiger partial charge in [-0.2, -0.15) is 0 Å². The average molecular weight is 206 g/mol. The smallest absolute Gasteiger partial charge is 0.0795 e. The molecule has 0 amide bonds. The molecule has 0 atom stereocenters. The molecular formula is C14H10N2. The quantitative estimate of drug-likeness (QED) is 0.655. The zero-order valence-corrected chi connectivity index (χ0v) is 8.62. The van der Waals surface area contributed by atoms with Gasteiger partial charge in [-0.15, -0.1) is 0 Å². The van der Waals surface area contributed by atoms with Gasteiger partial charge in [0, 0.05) is 0 Å². The molecule has 2 heteroatoms. The van der Waals surface area contributed by atoms with E-state index in [4.69, 9.17) is 10.8 Å². The normalized spacial score (nSPS) is 14.2. The van der Waals surface area contributed by atoms with E-state index in [-0.39, 0.29) is 11.4 Å². The topological polar surface area (TPSA) is 47.7 Å². The highest BCUT2D eigenvalue weighted by molar-refractivity contribution is 6.59. The zero-order chi connectivity index (χ0) is 11.1. The first-order valence-corrected chi connectivity index (χ1v) is 5.14. The first-order valence-electron chi connectivity index (χ1n) is 5.14. The monoisotopic (exact) mass is 206 g/mol. The summed E-state index contributed by atoms with van der Waals surface area (Å²) in [6.45, 7) is 0. The van der Waals surface area contributed by atoms with Crippen LogP contribution in [0.3, 0.4) is 0 Å². The summed E-state index contributed by atoms with van der Waals surface area (Å²) in [5.41, 5.74) is 0.561. The molecule has 0 bridgehead atoms. The Morgan fingerprint density at radius 1 is 0.688 bits per heavy atom. The Morgan fingerprint density at radius 2 is 1.12 bits per heavy atom. The summed E-state index contributed by atoms with van der Waals surface area (Å²) in [5.74, 6) is 0. The Balaban J connectivity index is 2.50. The minimum Gasteiger partial charge on any atom is -0.299 e. The van der Waals surface area contributed by atoms with Gasteiger partial charge in [-0.1, -0.05) is 24.3 Å². The maximum absolute atomic E-state index is 7.62. The SMILES string of the molecule is N=C1C=c2cc3ccccc3cc2=CC1=N. The van der Waals surface area contributed by atoms with Crippen LogP contribution in [0.4, 0.5) is 0 Å². The molecular weight excluding hydrogens is 196 g/mol. The fourth-order valence-corrected chi connectivity index (χ4v) is 1.99. The molecule has 0 unspecified atom stereocenters. The van der Waals surface area contributed by atoms with Crippen molar-refractivity contribution < 1.29 is 0 Å². The van der Waals surface area contributed by atoms with Gasteiger partial charge in [-0.05, 0) is 45.5 Å². The van der Waals surface area contributed by atoms with Crippen LogP contribution in [-0.2, 0) is 0 Å². The van der Waals surface area contributed by atoms with Crippen LogP contribution in [0.5, 0.6) is 0 Å². The van der Waals surface area contributed by atoms with E-state index in [1.807, 2.05) is 12.1 Å². The fourth-order valence-electron chi connectivity index (χ4n) is 1.99. The predicted octanol–water partition coefficient (Wildman–Crippen LogP) is 1.45. The van der Waals surface area contributed by atoms with Crippen LogP contribution in [-0.4, -0.2) is 11.4 Å². The molecule has 0 heterocycles. The summed E-state index contributed by atoms with van der Waals surface area (Å²) in [6, 6.07) is 12.3. The third-order valence-corrected chi connectivity index (χ3v) is 2.84. The van der Waals surface area contributed by atoms with E-state index in [0.29, 0.717) is 0 Å². The van der Waals surface area contributed by atoms with E-state index < -0.39 is 0 Å². The van der Waals surface area contributed by atoms with Crippen molar-refractivity contribution in [3.63, 3.8) is 0 Å². The van der Waals surface area contributed by atoms with Gasteiger partial charge < -0.3 is 0 Å². The Bertz CT molecular complexity index is 674. The number of benzene rings is 2. The second-order valence-corrected chi connectivity index (χ2v) is 3.94. The van der Waals surface area contributed by atoms with E-state index in [1.54, 1.807) is 12.2 Å². The lowest BCUT2D eigenvalue weighted by atomic mass is 10.0. The van der Waals surface area contributed by atoms with Crippen molar-refractivity contribution in [3.05, 3.63) is 46.8 Å². The summed E-state index contributed by atoms with van der Waals surface area (Å²) >= 11 is 0. The molecule has 2 aromatic carbocycles. The highest BCUT2D eigenvalue weighted by Crippen LogP contribution is 2.08. The first-order chi connectivity index (χ1) is 7.74. The third kappa shape index (κ3) is 1.27. The second kappa shape index (κ2) is 3.14. The molecule has 16 heavy (non-hydrogen) atoms. The Hall–Kier alpha value is -2.22. The molecule has 2 N–H and O–H groups in total. The van der Waals surface area contributed by atoms with Gasteiger partial charge >= 0.3 is 0 Å². The summed E-state index contributed by atoms with van der Waals surface area (Å²) in [6.07, 6.45) is 3.51. The van der Waals surface area contributed by atoms with Crippen molar-refractivity contribution in [2.75, 3.05) is 0 Å². The van der Waals surface area contributed by atoms with Crippen molar-refractivity contribution in [3.8, 4) is 0 Å². The minimum atomic E-state index is 0.280. The number of nitrogens with one attached hydrogen (secondary N) is 2. The van der Waals surface area contributed by atoms with Crippen molar-refractivity contribution >= 4 is 34.3 Å². The molecule has 0 saturated carbocycles. The van der Waals surface area contributed by atoms with Crippen LogP contribution in [0.25, 0.3) is 22.9 Å². The van der Waals surface area contributed by atoms with Gasteiger partial charge in [0.15, 0.2) is 0 Å². The van der Waals surface area contributed by atoms with E-state index in [0.717, 1.165) is 10.4 Å². The minimum absolute atomic E-state index is 0.280. The zero-order valence-electron chi connectivity index (χ0n) is 8.62. The summed E-state index contributed by atoms with van der Waals surface area (Å²) in [7, 11) is 0. The lowest BCUT2D eigenvalue weighted by Gasteiger charge is -2.04. The highest BCUT2D eigenvalue weighted by atomic mass is 14.5. The molecule has 2 aromatic rings. The number of hydrogen-bond donors (Lipinski definition) is 2. The molecule has 0 fully saturated rings. The molecule has 0 saturated heterocycles. The Morgan fingerprint density at radius 3 is 1.56 bits per heavy atom. The van der Waals surface area contributed by atoms with Crippen LogP contribution >= 0.6 is 0 Å². The maximum atomic E-state index is 7.62. The summed E-state index contributed by atoms with van der Waals surface area (Å²) in [4.78, 5) is 0. The van der Waals surface area contributed by atoms with Gasteiger partial charge in [-0.3, -0.25) is 10.8 Å². The van der Waals surface area contributed by atoms with Crippen molar-refractivity contribution in [2.24, 2.45) is 0 Å². The molecule has 0 aromatic heterocycles. The number of rotatable bonds is 0. The summed E-state index contributed by atoms with van der Waals surface area (Å²) in [5, 5.41) is 19.6. The predicted molar refractivity (Wildman–Crippen MR) is 67.6 cm³/mol. The van der Waals surface area contributed by atoms with Gasteiger partial charge in [0.1, 0.15) is 0 Å². The van der Waals surface area contributed by atoms with Crippen LogP contribution < -0.4 is 10.4 Å². The first kappa shape index (κ1) is 9.04. The van der Waals surface area contributed by atoms with Gasteiger partial charge in [-0.25, -0.2) is 0 Å². The van der Waals surface area contributed by atoms with Crippen molar-refractivity contribution in [1.29, 1.82) is 10.8 Å². The second-order valence-electron chi connectivity index (χ2n) is 3.94. The van der Waals surface area contributed by atoms with Crippen molar-refractivity contribution in [1.82, 2.24) is 0 Å². The van der Waals surface area contributed by atoms with Crippen molar-refractivity contribution in [2.45, 2.75) is 0 Å². The molecule has 0 spiro atoms. The van der Waals surface area contributed by atoms with Gasteiger partial charge in [0.05, 0.1) is 11.4 Å². The van der Waals surface area contributed by atoms with E-state index >= 15 is 0 Å². The van der Waals surface area contributed by atoms with Crippen LogP contribution in [0.2, 0.25) is 0 Å². The molecule has 1 aliphatic carbocycles. The Kier molecular flexibility index (Phi) is 1.77. The highest BCUT2D eigenvalue weighted by Gasteiger charge is 2.04. The molecule has 2 nitrogen and oxygen atoms in total. The largest absolute Gasteiger partial charge is 0.299 e. The summed E-state index contributed by atoms with van der Waals surface area (Å²) < 4.78 is 0. The lowest BCUT2D eigenvalue weighted by Crippen LogP contribution is -2.32. The average Bonchev–Trinajstić information content (AvgIpc) is 2.28. The van der Waals surface area contributed by atoms with E-state index in [1.165, 1.54) is 10.8 Å². The van der Waals surface area contributed by atoms with E-state index in [9.17, 15) is 0 Å². The number of hydrogen-bond acceptors (Lipinski definition) is 2. The maximum Gasteiger partial charge on any atom is 0.0795 e. The van der Waals surface area contributed by atoms with Gasteiger partial charge in [0.25, 0.3) is 0 Å². The van der Waals surface area contributed by atoms with E-state index in [2.05, 4.69) is 24.3 Å². The number of fused-ring (bicyclic) bond motifs is 2. The standard InChI is InChI=1S/C14H10N2/c15-13-7-11-5-9-3-1-2-4-10(9)6-12(11)8-14(13)16/h1-8,15-16H. The molecule has 1 aliphatic rings. The third-order valence-electron chi connectivity index (χ3n) is 2.84. The molecule has 0 radical (unpaired) electrons. The Labute approximate surface area is 92.6 Å². The molecule has 76 valence electrons. The van der Waals surface area contributed by atoms with Crippen LogP contribution in [0.1, 0.15) is 0 Å². The van der Waals surface area contributed by atoms with Crippen LogP contribution in [0.15, 0.2) is 36.4 Å². The van der Waals surface area contributed by atoms with Crippen LogP contribution in [0, 0.1) is 10.8 Å². The van der Waals surface area contributed by atoms with Gasteiger partial charge in [0.2, 0.25) is 0 Å².